The third kappa shape index (κ3) is 4.49. The van der Waals surface area contributed by atoms with Crippen LogP contribution in [0.4, 0.5) is 0 Å². The van der Waals surface area contributed by atoms with Crippen LogP contribution in [0.3, 0.4) is 0 Å². The smallest absolute Gasteiger partial charge is 0.162 e. The molecule has 1 unspecified atom stereocenters. The van der Waals surface area contributed by atoms with E-state index < -0.39 is 9.84 Å². The second-order valence-corrected chi connectivity index (χ2v) is 7.67. The Labute approximate surface area is 130 Å². The molecule has 118 valence electrons. The molecule has 0 bridgehead atoms. The van der Waals surface area contributed by atoms with Crippen LogP contribution in [0.15, 0.2) is 12.1 Å². The molecule has 0 saturated carbocycles. The first-order chi connectivity index (χ1) is 9.90. The molecular formula is C14H20ClNO4S. The molecule has 0 fully saturated rings. The number of hydrogen-bond acceptors (Lipinski definition) is 5. The Balaban J connectivity index is 2.38. The van der Waals surface area contributed by atoms with Gasteiger partial charge in [0.15, 0.2) is 11.5 Å². The Morgan fingerprint density at radius 1 is 1.29 bits per heavy atom. The van der Waals surface area contributed by atoms with Gasteiger partial charge in [-0.3, -0.25) is 0 Å². The van der Waals surface area contributed by atoms with E-state index in [2.05, 4.69) is 5.32 Å². The topological polar surface area (TPSA) is 64.6 Å². The summed E-state index contributed by atoms with van der Waals surface area (Å²) < 4.78 is 34.4. The first kappa shape index (κ1) is 16.4. The third-order valence-corrected chi connectivity index (χ3v) is 4.43. The van der Waals surface area contributed by atoms with E-state index in [0.717, 1.165) is 6.42 Å². The number of sulfone groups is 1. The molecule has 1 heterocycles. The van der Waals surface area contributed by atoms with E-state index in [1.807, 2.05) is 6.92 Å². The van der Waals surface area contributed by atoms with Crippen molar-refractivity contribution in [2.45, 2.75) is 19.4 Å². The lowest BCUT2D eigenvalue weighted by Gasteiger charge is -2.20. The minimum Gasteiger partial charge on any atom is -0.490 e. The summed E-state index contributed by atoms with van der Waals surface area (Å²) in [5.41, 5.74) is 0.716. The fourth-order valence-corrected chi connectivity index (χ4v) is 3.46. The highest BCUT2D eigenvalue weighted by Crippen LogP contribution is 2.37. The highest BCUT2D eigenvalue weighted by molar-refractivity contribution is 7.90. The van der Waals surface area contributed by atoms with Crippen LogP contribution in [0, 0.1) is 0 Å². The second-order valence-electron chi connectivity index (χ2n) is 5.07. The van der Waals surface area contributed by atoms with Crippen LogP contribution in [-0.2, 0) is 9.84 Å². The third-order valence-electron chi connectivity index (χ3n) is 3.16. The minimum absolute atomic E-state index is 0.0137. The maximum Gasteiger partial charge on any atom is 0.162 e. The number of hydrogen-bond donors (Lipinski definition) is 1. The van der Waals surface area contributed by atoms with E-state index in [1.165, 1.54) is 6.26 Å². The monoisotopic (exact) mass is 333 g/mol. The molecule has 1 N–H and O–H groups in total. The van der Waals surface area contributed by atoms with E-state index in [4.69, 9.17) is 21.1 Å². The van der Waals surface area contributed by atoms with Crippen molar-refractivity contribution < 1.29 is 17.9 Å². The van der Waals surface area contributed by atoms with Crippen LogP contribution >= 0.6 is 11.6 Å². The van der Waals surface area contributed by atoms with Gasteiger partial charge in [0.1, 0.15) is 9.84 Å². The maximum atomic E-state index is 11.6. The van der Waals surface area contributed by atoms with E-state index in [0.29, 0.717) is 41.8 Å². The lowest BCUT2D eigenvalue weighted by molar-refractivity contribution is 0.297. The fraction of sp³-hybridized carbons (Fsp3) is 0.571. The number of ether oxygens (including phenoxy) is 2. The molecule has 0 aliphatic carbocycles. The van der Waals surface area contributed by atoms with Crippen LogP contribution in [0.25, 0.3) is 0 Å². The normalized spacial score (nSPS) is 16.3. The summed E-state index contributed by atoms with van der Waals surface area (Å²) in [5.74, 6) is 1.21. The van der Waals surface area contributed by atoms with Gasteiger partial charge in [0.25, 0.3) is 0 Å². The first-order valence-electron chi connectivity index (χ1n) is 6.91. The van der Waals surface area contributed by atoms with E-state index >= 15 is 0 Å². The van der Waals surface area contributed by atoms with Crippen molar-refractivity contribution in [1.29, 1.82) is 0 Å². The molecule has 7 heteroatoms. The largest absolute Gasteiger partial charge is 0.490 e. The molecule has 2 rings (SSSR count). The first-order valence-corrected chi connectivity index (χ1v) is 9.34. The van der Waals surface area contributed by atoms with Gasteiger partial charge in [-0.25, -0.2) is 8.42 Å². The molecular weight excluding hydrogens is 314 g/mol. The molecule has 1 atom stereocenters. The van der Waals surface area contributed by atoms with Gasteiger partial charge in [-0.2, -0.15) is 0 Å². The number of halogens is 1. The van der Waals surface area contributed by atoms with Crippen molar-refractivity contribution in [1.82, 2.24) is 5.32 Å². The Kier molecular flexibility index (Phi) is 5.35. The number of fused-ring (bicyclic) bond motifs is 1. The number of nitrogens with one attached hydrogen (secondary N) is 1. The molecule has 1 aliphatic heterocycles. The summed E-state index contributed by atoms with van der Waals surface area (Å²) >= 11 is 6.30. The van der Waals surface area contributed by atoms with Gasteiger partial charge in [0.05, 0.1) is 19.0 Å². The van der Waals surface area contributed by atoms with Crippen molar-refractivity contribution in [2.75, 3.05) is 31.8 Å². The second kappa shape index (κ2) is 6.85. The molecule has 0 saturated heterocycles. The summed E-state index contributed by atoms with van der Waals surface area (Å²) in [4.78, 5) is 0. The van der Waals surface area contributed by atoms with Gasteiger partial charge in [-0.05, 0) is 18.2 Å². The summed E-state index contributed by atoms with van der Waals surface area (Å²) in [6, 6.07) is 3.11. The van der Waals surface area contributed by atoms with Crippen LogP contribution in [-0.4, -0.2) is 40.2 Å². The van der Waals surface area contributed by atoms with Crippen molar-refractivity contribution in [2.24, 2.45) is 0 Å². The Morgan fingerprint density at radius 3 is 2.48 bits per heavy atom. The Morgan fingerprint density at radius 2 is 1.90 bits per heavy atom. The van der Waals surface area contributed by atoms with Crippen LogP contribution in [0.2, 0.25) is 5.02 Å². The molecule has 1 aliphatic rings. The molecule has 0 spiro atoms. The SMILES string of the molecule is CCNC(CS(C)(=O)=O)c1cc2c(cc1Cl)OCCCO2. The Bertz CT molecular complexity index is 603. The molecule has 5 nitrogen and oxygen atoms in total. The average molecular weight is 334 g/mol. The molecule has 0 aromatic heterocycles. The average Bonchev–Trinajstić information content (AvgIpc) is 2.60. The van der Waals surface area contributed by atoms with Gasteiger partial charge in [0, 0.05) is 29.8 Å². The van der Waals surface area contributed by atoms with Gasteiger partial charge >= 0.3 is 0 Å². The van der Waals surface area contributed by atoms with E-state index in [1.54, 1.807) is 12.1 Å². The predicted molar refractivity (Wildman–Crippen MR) is 83.2 cm³/mol. The molecule has 0 amide bonds. The van der Waals surface area contributed by atoms with Gasteiger partial charge in [-0.15, -0.1) is 0 Å². The van der Waals surface area contributed by atoms with Crippen molar-refractivity contribution in [3.05, 3.63) is 22.7 Å². The summed E-state index contributed by atoms with van der Waals surface area (Å²) in [6.07, 6.45) is 2.02. The molecule has 1 aromatic rings. The van der Waals surface area contributed by atoms with E-state index in [-0.39, 0.29) is 11.8 Å². The Hall–Kier alpha value is -0.980. The lowest BCUT2D eigenvalue weighted by atomic mass is 10.1. The highest BCUT2D eigenvalue weighted by atomic mass is 35.5. The zero-order valence-electron chi connectivity index (χ0n) is 12.2. The molecule has 1 aromatic carbocycles. The zero-order valence-corrected chi connectivity index (χ0v) is 13.8. The predicted octanol–water partition coefficient (Wildman–Crippen LogP) is 2.20. The van der Waals surface area contributed by atoms with Gasteiger partial charge < -0.3 is 14.8 Å². The lowest BCUT2D eigenvalue weighted by Crippen LogP contribution is -2.28. The molecule has 21 heavy (non-hydrogen) atoms. The number of rotatable bonds is 5. The van der Waals surface area contributed by atoms with Crippen molar-refractivity contribution in [3.8, 4) is 11.5 Å². The standard InChI is InChI=1S/C14H20ClNO4S/c1-3-16-12(9-21(2,17)18)10-7-13-14(8-11(10)15)20-6-4-5-19-13/h7-8,12,16H,3-6,9H2,1-2H3. The number of benzene rings is 1. The zero-order chi connectivity index (χ0) is 15.5. The fourth-order valence-electron chi connectivity index (χ4n) is 2.27. The van der Waals surface area contributed by atoms with Crippen LogP contribution in [0.5, 0.6) is 11.5 Å². The van der Waals surface area contributed by atoms with Crippen molar-refractivity contribution >= 4 is 21.4 Å². The quantitative estimate of drug-likeness (QED) is 0.895. The van der Waals surface area contributed by atoms with E-state index in [9.17, 15) is 8.42 Å². The summed E-state index contributed by atoms with van der Waals surface area (Å²) in [6.45, 7) is 3.73. The van der Waals surface area contributed by atoms with Crippen LogP contribution in [0.1, 0.15) is 24.9 Å². The van der Waals surface area contributed by atoms with Gasteiger partial charge in [0.2, 0.25) is 0 Å². The maximum absolute atomic E-state index is 11.6. The minimum atomic E-state index is -3.13. The summed E-state index contributed by atoms with van der Waals surface area (Å²) in [7, 11) is -3.13. The van der Waals surface area contributed by atoms with Crippen LogP contribution < -0.4 is 14.8 Å². The highest BCUT2D eigenvalue weighted by Gasteiger charge is 2.22. The summed E-state index contributed by atoms with van der Waals surface area (Å²) in [5, 5.41) is 3.64. The van der Waals surface area contributed by atoms with Crippen molar-refractivity contribution in [3.63, 3.8) is 0 Å². The van der Waals surface area contributed by atoms with Gasteiger partial charge in [-0.1, -0.05) is 18.5 Å². The molecule has 0 radical (unpaired) electrons.